The van der Waals surface area contributed by atoms with Gasteiger partial charge in [-0.05, 0) is 18.4 Å². The van der Waals surface area contributed by atoms with E-state index < -0.39 is 0 Å². The number of aromatic amines is 1. The number of nitrogens with one attached hydrogen (secondary N) is 1. The zero-order chi connectivity index (χ0) is 10.8. The Bertz CT molecular complexity index is 576. The molecule has 74 valence electrons. The summed E-state index contributed by atoms with van der Waals surface area (Å²) in [6.45, 7) is 1.83. The van der Waals surface area contributed by atoms with Gasteiger partial charge < -0.3 is 4.98 Å². The molecule has 2 aromatic heterocycles. The number of aromatic nitrogens is 2. The van der Waals surface area contributed by atoms with Gasteiger partial charge in [0, 0.05) is 5.69 Å². The minimum atomic E-state index is 0.358. The lowest BCUT2D eigenvalue weighted by Crippen LogP contribution is -1.95. The Kier molecular flexibility index (Phi) is 2.62. The van der Waals surface area contributed by atoms with Crippen molar-refractivity contribution >= 4 is 23.6 Å². The molecule has 0 atom stereocenters. The van der Waals surface area contributed by atoms with Crippen molar-refractivity contribution in [2.24, 2.45) is 0 Å². The first-order valence-electron chi connectivity index (χ1n) is 4.27. The van der Waals surface area contributed by atoms with E-state index in [4.69, 9.17) is 17.5 Å². The number of hydrogen-bond donors (Lipinski definition) is 1. The molecule has 2 heterocycles. The third kappa shape index (κ3) is 1.82. The van der Waals surface area contributed by atoms with E-state index in [1.165, 1.54) is 0 Å². The van der Waals surface area contributed by atoms with E-state index in [2.05, 4.69) is 9.97 Å². The van der Waals surface area contributed by atoms with Crippen LogP contribution < -0.4 is 0 Å². The molecule has 0 amide bonds. The Labute approximate surface area is 96.0 Å². The first kappa shape index (κ1) is 10.0. The largest absolute Gasteiger partial charge is 0.341 e. The molecule has 0 fully saturated rings. The molecule has 5 heteroatoms. The molecule has 2 rings (SSSR count). The van der Waals surface area contributed by atoms with Gasteiger partial charge in [0.15, 0.2) is 0 Å². The summed E-state index contributed by atoms with van der Waals surface area (Å²) < 4.78 is 0.358. The molecular weight excluding hydrogens is 226 g/mol. The standard InChI is InChI=1S/C10H7N3S2/c1-6-7(5-11)10(14)13-9(12-6)8-3-2-4-15-8/h2-4H,1H3,(H,12,13,14). The summed E-state index contributed by atoms with van der Waals surface area (Å²) in [5.41, 5.74) is 1.21. The second-order valence-corrected chi connectivity index (χ2v) is 4.31. The van der Waals surface area contributed by atoms with Crippen LogP contribution in [0.15, 0.2) is 17.5 Å². The minimum Gasteiger partial charge on any atom is -0.341 e. The normalized spacial score (nSPS) is 9.87. The average Bonchev–Trinajstić information content (AvgIpc) is 2.69. The first-order valence-corrected chi connectivity index (χ1v) is 5.56. The second-order valence-electron chi connectivity index (χ2n) is 2.98. The van der Waals surface area contributed by atoms with Gasteiger partial charge in [-0.2, -0.15) is 5.26 Å². The van der Waals surface area contributed by atoms with Crippen LogP contribution in [-0.2, 0) is 0 Å². The van der Waals surface area contributed by atoms with E-state index in [1.54, 1.807) is 11.3 Å². The van der Waals surface area contributed by atoms with Crippen LogP contribution in [-0.4, -0.2) is 9.97 Å². The lowest BCUT2D eigenvalue weighted by molar-refractivity contribution is 1.09. The molecule has 0 aromatic carbocycles. The van der Waals surface area contributed by atoms with Crippen LogP contribution in [0.3, 0.4) is 0 Å². The van der Waals surface area contributed by atoms with E-state index in [1.807, 2.05) is 30.5 Å². The third-order valence-electron chi connectivity index (χ3n) is 1.97. The molecule has 0 saturated heterocycles. The zero-order valence-electron chi connectivity index (χ0n) is 7.94. The predicted octanol–water partition coefficient (Wildman–Crippen LogP) is 3.05. The molecule has 0 aliphatic heterocycles. The van der Waals surface area contributed by atoms with Gasteiger partial charge >= 0.3 is 0 Å². The Morgan fingerprint density at radius 3 is 2.93 bits per heavy atom. The highest BCUT2D eigenvalue weighted by molar-refractivity contribution is 7.71. The van der Waals surface area contributed by atoms with Gasteiger partial charge in [0.1, 0.15) is 22.1 Å². The SMILES string of the molecule is Cc1[nH]c(-c2cccs2)nc(=S)c1C#N. The Morgan fingerprint density at radius 1 is 1.60 bits per heavy atom. The van der Waals surface area contributed by atoms with E-state index in [0.29, 0.717) is 10.2 Å². The number of thiophene rings is 1. The molecule has 15 heavy (non-hydrogen) atoms. The van der Waals surface area contributed by atoms with Gasteiger partial charge in [-0.1, -0.05) is 18.3 Å². The third-order valence-corrected chi connectivity index (χ3v) is 3.15. The number of nitriles is 1. The van der Waals surface area contributed by atoms with Crippen LogP contribution in [0, 0.1) is 22.9 Å². The number of H-pyrrole nitrogens is 1. The Morgan fingerprint density at radius 2 is 2.40 bits per heavy atom. The van der Waals surface area contributed by atoms with Crippen molar-refractivity contribution in [2.45, 2.75) is 6.92 Å². The van der Waals surface area contributed by atoms with Crippen molar-refractivity contribution < 1.29 is 0 Å². The fraction of sp³-hybridized carbons (Fsp3) is 0.100. The predicted molar refractivity (Wildman–Crippen MR) is 62.2 cm³/mol. The summed E-state index contributed by atoms with van der Waals surface area (Å²) >= 11 is 6.64. The topological polar surface area (TPSA) is 52.5 Å². The van der Waals surface area contributed by atoms with Gasteiger partial charge in [0.05, 0.1) is 4.88 Å². The van der Waals surface area contributed by atoms with Crippen LogP contribution in [0.5, 0.6) is 0 Å². The molecule has 0 radical (unpaired) electrons. The van der Waals surface area contributed by atoms with Gasteiger partial charge in [-0.3, -0.25) is 0 Å². The molecule has 1 N–H and O–H groups in total. The van der Waals surface area contributed by atoms with Crippen molar-refractivity contribution in [3.63, 3.8) is 0 Å². The lowest BCUT2D eigenvalue weighted by Gasteiger charge is -2.01. The summed E-state index contributed by atoms with van der Waals surface area (Å²) in [7, 11) is 0. The number of nitrogens with zero attached hydrogens (tertiary/aromatic N) is 2. The van der Waals surface area contributed by atoms with Crippen LogP contribution >= 0.6 is 23.6 Å². The molecular formula is C10H7N3S2. The zero-order valence-corrected chi connectivity index (χ0v) is 9.58. The molecule has 0 aliphatic carbocycles. The Balaban J connectivity index is 2.65. The molecule has 3 nitrogen and oxygen atoms in total. The fourth-order valence-electron chi connectivity index (χ4n) is 1.25. The van der Waals surface area contributed by atoms with E-state index >= 15 is 0 Å². The molecule has 0 aliphatic rings. The average molecular weight is 233 g/mol. The van der Waals surface area contributed by atoms with E-state index in [9.17, 15) is 0 Å². The number of rotatable bonds is 1. The van der Waals surface area contributed by atoms with Crippen molar-refractivity contribution in [1.29, 1.82) is 5.26 Å². The smallest absolute Gasteiger partial charge is 0.149 e. The summed E-state index contributed by atoms with van der Waals surface area (Å²) in [5, 5.41) is 10.8. The maximum atomic E-state index is 8.85. The van der Waals surface area contributed by atoms with Crippen LogP contribution in [0.2, 0.25) is 0 Å². The maximum Gasteiger partial charge on any atom is 0.149 e. The molecule has 0 spiro atoms. The highest BCUT2D eigenvalue weighted by atomic mass is 32.1. The lowest BCUT2D eigenvalue weighted by atomic mass is 10.2. The second kappa shape index (κ2) is 3.93. The maximum absolute atomic E-state index is 8.85. The molecule has 2 aromatic rings. The highest BCUT2D eigenvalue weighted by Gasteiger charge is 2.06. The summed E-state index contributed by atoms with van der Waals surface area (Å²) in [6.07, 6.45) is 0. The van der Waals surface area contributed by atoms with Crippen molar-refractivity contribution in [3.8, 4) is 16.8 Å². The van der Waals surface area contributed by atoms with Crippen LogP contribution in [0.4, 0.5) is 0 Å². The summed E-state index contributed by atoms with van der Waals surface area (Å²) in [6, 6.07) is 5.95. The van der Waals surface area contributed by atoms with Gasteiger partial charge in [-0.25, -0.2) is 4.98 Å². The van der Waals surface area contributed by atoms with Crippen molar-refractivity contribution in [1.82, 2.24) is 9.97 Å². The van der Waals surface area contributed by atoms with Crippen LogP contribution in [0.25, 0.3) is 10.7 Å². The van der Waals surface area contributed by atoms with Crippen molar-refractivity contribution in [3.05, 3.63) is 33.4 Å². The first-order chi connectivity index (χ1) is 7.22. The van der Waals surface area contributed by atoms with E-state index in [-0.39, 0.29) is 0 Å². The number of hydrogen-bond acceptors (Lipinski definition) is 4. The minimum absolute atomic E-state index is 0.358. The summed E-state index contributed by atoms with van der Waals surface area (Å²) in [4.78, 5) is 8.30. The monoisotopic (exact) mass is 233 g/mol. The van der Waals surface area contributed by atoms with Crippen LogP contribution in [0.1, 0.15) is 11.3 Å². The fourth-order valence-corrected chi connectivity index (χ4v) is 2.21. The van der Waals surface area contributed by atoms with E-state index in [0.717, 1.165) is 16.4 Å². The van der Waals surface area contributed by atoms with Gasteiger partial charge in [0.25, 0.3) is 0 Å². The summed E-state index contributed by atoms with van der Waals surface area (Å²) in [5.74, 6) is 0.728. The molecule has 0 saturated carbocycles. The molecule has 0 bridgehead atoms. The quantitative estimate of drug-likeness (QED) is 0.770. The Hall–Kier alpha value is -1.51. The molecule has 0 unspecified atom stereocenters. The van der Waals surface area contributed by atoms with Gasteiger partial charge in [-0.15, -0.1) is 11.3 Å². The highest BCUT2D eigenvalue weighted by Crippen LogP contribution is 2.21. The van der Waals surface area contributed by atoms with Crippen molar-refractivity contribution in [2.75, 3.05) is 0 Å². The van der Waals surface area contributed by atoms with Gasteiger partial charge in [0.2, 0.25) is 0 Å². The number of aryl methyl sites for hydroxylation is 1.